The third kappa shape index (κ3) is 3.81. The largest absolute Gasteiger partial charge is 0.369 e. The van der Waals surface area contributed by atoms with E-state index in [4.69, 9.17) is 0 Å². The zero-order valence-electron chi connectivity index (χ0n) is 17.7. The third-order valence-corrected chi connectivity index (χ3v) is 8.10. The Labute approximate surface area is 173 Å². The van der Waals surface area contributed by atoms with E-state index in [1.54, 1.807) is 25.6 Å². The first-order valence-corrected chi connectivity index (χ1v) is 11.9. The Hall–Kier alpha value is -1.90. The van der Waals surface area contributed by atoms with Gasteiger partial charge in [-0.05, 0) is 62.8 Å². The van der Waals surface area contributed by atoms with Gasteiger partial charge < -0.3 is 10.2 Å². The van der Waals surface area contributed by atoms with E-state index < -0.39 is 10.0 Å². The van der Waals surface area contributed by atoms with Crippen LogP contribution in [0.25, 0.3) is 0 Å². The Morgan fingerprint density at radius 3 is 2.52 bits per heavy atom. The summed E-state index contributed by atoms with van der Waals surface area (Å²) >= 11 is 0. The number of sulfonamides is 1. The summed E-state index contributed by atoms with van der Waals surface area (Å²) in [6.07, 6.45) is 2.45. The maximum atomic E-state index is 13.1. The number of nitrogens with zero attached hydrogens (tertiary/aromatic N) is 3. The molecule has 1 aromatic carbocycles. The first-order valence-electron chi connectivity index (χ1n) is 10.4. The summed E-state index contributed by atoms with van der Waals surface area (Å²) in [5.74, 6) is 0. The quantitative estimate of drug-likeness (QED) is 0.790. The van der Waals surface area contributed by atoms with Crippen molar-refractivity contribution in [3.8, 4) is 0 Å². The molecule has 1 atom stereocenters. The number of benzene rings is 1. The lowest BCUT2D eigenvalue weighted by atomic mass is 9.84. The molecule has 1 aromatic heterocycles. The number of hydrogen-bond acceptors (Lipinski definition) is 5. The van der Waals surface area contributed by atoms with Crippen molar-refractivity contribution >= 4 is 15.7 Å². The number of piperazine rings is 1. The lowest BCUT2D eigenvalue weighted by molar-refractivity contribution is 0.504. The zero-order chi connectivity index (χ0) is 20.8. The Morgan fingerprint density at radius 1 is 1.14 bits per heavy atom. The number of rotatable bonds is 4. The van der Waals surface area contributed by atoms with E-state index in [1.807, 2.05) is 0 Å². The highest BCUT2D eigenvalue weighted by Crippen LogP contribution is 2.34. The summed E-state index contributed by atoms with van der Waals surface area (Å²) in [5.41, 5.74) is 6.49. The van der Waals surface area contributed by atoms with E-state index in [9.17, 15) is 8.42 Å². The second-order valence-corrected chi connectivity index (χ2v) is 9.93. The van der Waals surface area contributed by atoms with Crippen LogP contribution in [-0.2, 0) is 29.9 Å². The van der Waals surface area contributed by atoms with Crippen molar-refractivity contribution in [2.45, 2.75) is 51.0 Å². The average molecular weight is 418 g/mol. The molecule has 8 heteroatoms. The molecule has 2 aromatic rings. The minimum absolute atomic E-state index is 0.102. The second-order valence-electron chi connectivity index (χ2n) is 8.28. The van der Waals surface area contributed by atoms with Gasteiger partial charge in [0, 0.05) is 45.0 Å². The standard InChI is InChI=1S/C21H31N5O2S/c1-14-5-8-20(26-11-9-22-10-12-26)19-13-17(6-7-18(14)19)24-29(27,28)21-15(2)23-25(4)16(21)3/h5,8,17,22,24H,6-7,9-13H2,1-4H3/t17-/m1/s1. The van der Waals surface area contributed by atoms with E-state index in [2.05, 4.69) is 39.1 Å². The minimum Gasteiger partial charge on any atom is -0.369 e. The molecule has 1 saturated heterocycles. The third-order valence-electron chi connectivity index (χ3n) is 6.32. The molecular formula is C21H31N5O2S. The summed E-state index contributed by atoms with van der Waals surface area (Å²) in [4.78, 5) is 2.75. The fourth-order valence-electron chi connectivity index (χ4n) is 4.76. The van der Waals surface area contributed by atoms with E-state index in [-0.39, 0.29) is 6.04 Å². The molecule has 0 unspecified atom stereocenters. The van der Waals surface area contributed by atoms with Gasteiger partial charge in [0.05, 0.1) is 11.4 Å². The van der Waals surface area contributed by atoms with Gasteiger partial charge in [0.2, 0.25) is 10.0 Å². The molecular weight excluding hydrogens is 386 g/mol. The van der Waals surface area contributed by atoms with Crippen molar-refractivity contribution in [1.29, 1.82) is 0 Å². The van der Waals surface area contributed by atoms with E-state index in [0.717, 1.165) is 45.4 Å². The van der Waals surface area contributed by atoms with Gasteiger partial charge in [-0.15, -0.1) is 0 Å². The highest BCUT2D eigenvalue weighted by molar-refractivity contribution is 7.89. The number of anilines is 1. The van der Waals surface area contributed by atoms with Crippen molar-refractivity contribution < 1.29 is 8.42 Å². The Bertz CT molecular complexity index is 1020. The Kier molecular flexibility index (Phi) is 5.44. The van der Waals surface area contributed by atoms with Crippen LogP contribution in [0.15, 0.2) is 17.0 Å². The molecule has 0 spiro atoms. The topological polar surface area (TPSA) is 79.3 Å². The highest BCUT2D eigenvalue weighted by Gasteiger charge is 2.30. The predicted octanol–water partition coefficient (Wildman–Crippen LogP) is 1.59. The molecule has 1 fully saturated rings. The fourth-order valence-corrected chi connectivity index (χ4v) is 6.47. The summed E-state index contributed by atoms with van der Waals surface area (Å²) < 4.78 is 30.9. The van der Waals surface area contributed by atoms with Crippen LogP contribution in [0.1, 0.15) is 34.5 Å². The molecule has 0 amide bonds. The fraction of sp³-hybridized carbons (Fsp3) is 0.571. The van der Waals surface area contributed by atoms with Crippen LogP contribution >= 0.6 is 0 Å². The summed E-state index contributed by atoms with van der Waals surface area (Å²) in [6, 6.07) is 4.32. The van der Waals surface area contributed by atoms with Crippen molar-refractivity contribution in [2.24, 2.45) is 7.05 Å². The number of aryl methyl sites for hydroxylation is 3. The Balaban J connectivity index is 1.62. The molecule has 29 heavy (non-hydrogen) atoms. The van der Waals surface area contributed by atoms with Gasteiger partial charge >= 0.3 is 0 Å². The van der Waals surface area contributed by atoms with Gasteiger partial charge in [-0.25, -0.2) is 13.1 Å². The van der Waals surface area contributed by atoms with E-state index in [1.165, 1.54) is 22.4 Å². The number of nitrogens with one attached hydrogen (secondary N) is 2. The number of fused-ring (bicyclic) bond motifs is 1. The minimum atomic E-state index is -3.61. The first kappa shape index (κ1) is 20.4. The van der Waals surface area contributed by atoms with E-state index >= 15 is 0 Å². The summed E-state index contributed by atoms with van der Waals surface area (Å²) in [6.45, 7) is 9.66. The number of hydrogen-bond donors (Lipinski definition) is 2. The number of aromatic nitrogens is 2. The molecule has 2 N–H and O–H groups in total. The lowest BCUT2D eigenvalue weighted by Crippen LogP contribution is -2.45. The van der Waals surface area contributed by atoms with Gasteiger partial charge in [0.15, 0.2) is 0 Å². The molecule has 4 rings (SSSR count). The molecule has 7 nitrogen and oxygen atoms in total. The van der Waals surface area contributed by atoms with Crippen LogP contribution in [0, 0.1) is 20.8 Å². The molecule has 1 aliphatic heterocycles. The van der Waals surface area contributed by atoms with Crippen molar-refractivity contribution in [1.82, 2.24) is 19.8 Å². The molecule has 0 radical (unpaired) electrons. The smallest absolute Gasteiger partial charge is 0.244 e. The van der Waals surface area contributed by atoms with Crippen LogP contribution in [-0.4, -0.2) is 50.4 Å². The zero-order valence-corrected chi connectivity index (χ0v) is 18.6. The summed E-state index contributed by atoms with van der Waals surface area (Å²) in [7, 11) is -1.83. The lowest BCUT2D eigenvalue weighted by Gasteiger charge is -2.35. The average Bonchev–Trinajstić information content (AvgIpc) is 2.94. The molecule has 2 heterocycles. The van der Waals surface area contributed by atoms with Crippen molar-refractivity contribution in [3.63, 3.8) is 0 Å². The molecule has 158 valence electrons. The van der Waals surface area contributed by atoms with Gasteiger partial charge in [-0.3, -0.25) is 4.68 Å². The summed E-state index contributed by atoms with van der Waals surface area (Å²) in [5, 5.41) is 7.68. The van der Waals surface area contributed by atoms with Gasteiger partial charge in [-0.1, -0.05) is 6.07 Å². The van der Waals surface area contributed by atoms with Crippen molar-refractivity contribution in [2.75, 3.05) is 31.1 Å². The molecule has 2 aliphatic rings. The SMILES string of the molecule is Cc1ccc(N2CCNCC2)c2c1CC[C@@H](NS(=O)(=O)c1c(C)nn(C)c1C)C2. The Morgan fingerprint density at radius 2 is 1.86 bits per heavy atom. The monoisotopic (exact) mass is 417 g/mol. The van der Waals surface area contributed by atoms with Crippen LogP contribution in [0.2, 0.25) is 0 Å². The van der Waals surface area contributed by atoms with Gasteiger partial charge in [-0.2, -0.15) is 5.10 Å². The van der Waals surface area contributed by atoms with Gasteiger partial charge in [0.25, 0.3) is 0 Å². The highest BCUT2D eigenvalue weighted by atomic mass is 32.2. The predicted molar refractivity (Wildman–Crippen MR) is 115 cm³/mol. The maximum absolute atomic E-state index is 13.1. The first-order chi connectivity index (χ1) is 13.8. The normalized spacial score (nSPS) is 20.0. The van der Waals surface area contributed by atoms with Crippen LogP contribution in [0.4, 0.5) is 5.69 Å². The maximum Gasteiger partial charge on any atom is 0.244 e. The van der Waals surface area contributed by atoms with Crippen LogP contribution in [0.5, 0.6) is 0 Å². The van der Waals surface area contributed by atoms with Crippen LogP contribution in [0.3, 0.4) is 0 Å². The van der Waals surface area contributed by atoms with E-state index in [0.29, 0.717) is 16.3 Å². The molecule has 0 saturated carbocycles. The molecule has 1 aliphatic carbocycles. The van der Waals surface area contributed by atoms with Gasteiger partial charge in [0.1, 0.15) is 4.90 Å². The second kappa shape index (κ2) is 7.74. The van der Waals surface area contributed by atoms with Crippen LogP contribution < -0.4 is 14.9 Å². The molecule has 0 bridgehead atoms. The van der Waals surface area contributed by atoms with Crippen molar-refractivity contribution in [3.05, 3.63) is 40.2 Å².